The van der Waals surface area contributed by atoms with E-state index < -0.39 is 0 Å². The smallest absolute Gasteiger partial charge is 0.321 e. The van der Waals surface area contributed by atoms with E-state index in [0.717, 1.165) is 40.6 Å². The monoisotopic (exact) mass is 472 g/mol. The molecule has 2 heterocycles. The number of esters is 1. The fourth-order valence-electron chi connectivity index (χ4n) is 2.67. The van der Waals surface area contributed by atoms with Crippen molar-refractivity contribution >= 4 is 29.0 Å². The number of hydrogen-bond acceptors (Lipinski definition) is 6. The van der Waals surface area contributed by atoms with Gasteiger partial charge in [-0.05, 0) is 61.9 Å². The zero-order valence-electron chi connectivity index (χ0n) is 21.4. The molecular weight excluding hydrogens is 432 g/mol. The molecule has 6 nitrogen and oxygen atoms in total. The van der Waals surface area contributed by atoms with Gasteiger partial charge in [0.2, 0.25) is 0 Å². The second-order valence-corrected chi connectivity index (χ2v) is 9.08. The zero-order chi connectivity index (χ0) is 24.8. The van der Waals surface area contributed by atoms with E-state index in [1.54, 1.807) is 12.4 Å². The van der Waals surface area contributed by atoms with Gasteiger partial charge in [0.05, 0.1) is 17.8 Å². The summed E-state index contributed by atoms with van der Waals surface area (Å²) in [4.78, 5) is 21.4. The third-order valence-corrected chi connectivity index (χ3v) is 5.12. The maximum atomic E-state index is 11.7. The van der Waals surface area contributed by atoms with Crippen LogP contribution in [0.4, 0.5) is 0 Å². The summed E-state index contributed by atoms with van der Waals surface area (Å²) in [7, 11) is 0. The zero-order valence-corrected chi connectivity index (χ0v) is 22.2. The highest BCUT2D eigenvalue weighted by Crippen LogP contribution is 2.19. The van der Waals surface area contributed by atoms with Gasteiger partial charge in [-0.15, -0.1) is 0 Å². The van der Waals surface area contributed by atoms with Gasteiger partial charge in [0, 0.05) is 17.6 Å². The number of aryl methyl sites for hydroxylation is 1. The van der Waals surface area contributed by atoms with Crippen molar-refractivity contribution in [3.8, 4) is 0 Å². The summed E-state index contributed by atoms with van der Waals surface area (Å²) in [5.41, 5.74) is 3.19. The van der Waals surface area contributed by atoms with Crippen LogP contribution in [0.3, 0.4) is 0 Å². The summed E-state index contributed by atoms with van der Waals surface area (Å²) in [5, 5.41) is 0. The van der Waals surface area contributed by atoms with E-state index in [1.165, 1.54) is 17.5 Å². The van der Waals surface area contributed by atoms with Crippen molar-refractivity contribution in [3.63, 3.8) is 0 Å². The Balaban J connectivity index is 0.000000820. The minimum absolute atomic E-state index is 0.0397. The molecule has 33 heavy (non-hydrogen) atoms. The summed E-state index contributed by atoms with van der Waals surface area (Å²) in [6, 6.07) is 10.3. The van der Waals surface area contributed by atoms with Gasteiger partial charge >= 0.3 is 5.97 Å². The number of fused-ring (bicyclic) bond motifs is 1. The van der Waals surface area contributed by atoms with Crippen LogP contribution in [-0.2, 0) is 16.1 Å². The second-order valence-electron chi connectivity index (χ2n) is 8.12. The number of hydrogen-bond donors (Lipinski definition) is 1. The number of imidazole rings is 1. The molecule has 1 N–H and O–H groups in total. The standard InChI is InChI=1S/C20H24N4O2S.C4H10.C2H6/c1-4-14(2)26-20(25)12-22-27-17-7-5-16(6-8-17)13-24-15(3)23-18-11-21-10-9-19(18)24;1-4(2)3;1-2/h5-11,14,22H,4,12-13H2,1-3H3;4H,1-3H3;1-2H3. The first-order valence-electron chi connectivity index (χ1n) is 11.7. The Kier molecular flexibility index (Phi) is 13.4. The Hall–Kier alpha value is -2.38. The topological polar surface area (TPSA) is 69.0 Å². The molecule has 0 amide bonds. The van der Waals surface area contributed by atoms with Crippen molar-refractivity contribution in [1.82, 2.24) is 19.3 Å². The van der Waals surface area contributed by atoms with E-state index in [-0.39, 0.29) is 18.6 Å². The number of ether oxygens (including phenoxy) is 1. The molecule has 0 radical (unpaired) electrons. The lowest BCUT2D eigenvalue weighted by Crippen LogP contribution is -2.23. The van der Waals surface area contributed by atoms with E-state index in [0.29, 0.717) is 0 Å². The van der Waals surface area contributed by atoms with Crippen molar-refractivity contribution in [3.05, 3.63) is 54.1 Å². The van der Waals surface area contributed by atoms with E-state index in [9.17, 15) is 4.79 Å². The van der Waals surface area contributed by atoms with Crippen LogP contribution in [0.1, 0.15) is 66.3 Å². The highest BCUT2D eigenvalue weighted by molar-refractivity contribution is 7.97. The lowest BCUT2D eigenvalue weighted by molar-refractivity contribution is -0.146. The number of nitrogens with one attached hydrogen (secondary N) is 1. The molecule has 7 heteroatoms. The molecule has 1 unspecified atom stereocenters. The van der Waals surface area contributed by atoms with Gasteiger partial charge in [0.15, 0.2) is 0 Å². The van der Waals surface area contributed by atoms with E-state index in [1.807, 2.05) is 52.8 Å². The maximum absolute atomic E-state index is 11.7. The SMILES string of the molecule is CC.CC(C)C.CCC(C)OC(=O)CNSc1ccc(Cn2c(C)nc3cnccc32)cc1. The van der Waals surface area contributed by atoms with Crippen LogP contribution in [0.2, 0.25) is 0 Å². The normalized spacial score (nSPS) is 11.3. The van der Waals surface area contributed by atoms with Crippen LogP contribution in [0.15, 0.2) is 47.6 Å². The number of nitrogens with zero attached hydrogens (tertiary/aromatic N) is 3. The maximum Gasteiger partial charge on any atom is 0.321 e. The lowest BCUT2D eigenvalue weighted by atomic mass is 10.2. The van der Waals surface area contributed by atoms with Gasteiger partial charge < -0.3 is 9.30 Å². The van der Waals surface area contributed by atoms with E-state index >= 15 is 0 Å². The van der Waals surface area contributed by atoms with E-state index in [4.69, 9.17) is 4.74 Å². The van der Waals surface area contributed by atoms with Gasteiger partial charge in [-0.25, -0.2) is 9.71 Å². The van der Waals surface area contributed by atoms with Crippen molar-refractivity contribution < 1.29 is 9.53 Å². The highest BCUT2D eigenvalue weighted by atomic mass is 32.2. The van der Waals surface area contributed by atoms with E-state index in [2.05, 4.69) is 52.2 Å². The molecule has 1 atom stereocenters. The molecule has 0 bridgehead atoms. The average Bonchev–Trinajstić information content (AvgIpc) is 3.11. The Morgan fingerprint density at radius 3 is 2.36 bits per heavy atom. The molecule has 0 fully saturated rings. The van der Waals surface area contributed by atoms with Crippen LogP contribution in [-0.4, -0.2) is 33.2 Å². The third-order valence-electron chi connectivity index (χ3n) is 4.32. The minimum atomic E-state index is -0.231. The predicted octanol–water partition coefficient (Wildman–Crippen LogP) is 6.41. The molecule has 3 aromatic rings. The molecule has 0 aliphatic heterocycles. The van der Waals surface area contributed by atoms with Crippen LogP contribution >= 0.6 is 11.9 Å². The van der Waals surface area contributed by atoms with Crippen molar-refractivity contribution in [2.24, 2.45) is 5.92 Å². The predicted molar refractivity (Wildman–Crippen MR) is 139 cm³/mol. The fourth-order valence-corrected chi connectivity index (χ4v) is 3.30. The lowest BCUT2D eigenvalue weighted by Gasteiger charge is -2.11. The number of carbonyl (C=O) groups is 1. The van der Waals surface area contributed by atoms with Crippen molar-refractivity contribution in [2.45, 2.75) is 79.4 Å². The van der Waals surface area contributed by atoms with Crippen LogP contribution in [0, 0.1) is 12.8 Å². The summed E-state index contributed by atoms with van der Waals surface area (Å²) in [6.45, 7) is 17.3. The van der Waals surface area contributed by atoms with Gasteiger partial charge in [-0.1, -0.05) is 53.7 Å². The van der Waals surface area contributed by atoms with Gasteiger partial charge in [0.25, 0.3) is 0 Å². The first-order chi connectivity index (χ1) is 15.8. The first-order valence-corrected chi connectivity index (χ1v) is 12.6. The Bertz CT molecular complexity index is 952. The Labute approximate surface area is 203 Å². The van der Waals surface area contributed by atoms with Crippen LogP contribution in [0.5, 0.6) is 0 Å². The second kappa shape index (κ2) is 15.5. The minimum Gasteiger partial charge on any atom is -0.462 e. The fraction of sp³-hybridized carbons (Fsp3) is 0.500. The van der Waals surface area contributed by atoms with Gasteiger partial charge in [-0.2, -0.15) is 0 Å². The summed E-state index contributed by atoms with van der Waals surface area (Å²) < 4.78 is 10.5. The largest absolute Gasteiger partial charge is 0.462 e. The first kappa shape index (κ1) is 28.7. The molecule has 0 saturated heterocycles. The number of pyridine rings is 1. The number of carbonyl (C=O) groups excluding carboxylic acids is 1. The van der Waals surface area contributed by atoms with Crippen LogP contribution in [0.25, 0.3) is 11.0 Å². The molecule has 182 valence electrons. The Morgan fingerprint density at radius 1 is 1.12 bits per heavy atom. The molecule has 3 rings (SSSR count). The molecule has 0 spiro atoms. The third kappa shape index (κ3) is 10.4. The Morgan fingerprint density at radius 2 is 1.76 bits per heavy atom. The molecular formula is C26H40N4O2S. The molecule has 0 saturated carbocycles. The molecule has 2 aromatic heterocycles. The summed E-state index contributed by atoms with van der Waals surface area (Å²) in [5.74, 6) is 1.57. The van der Waals surface area contributed by atoms with Gasteiger partial charge in [0.1, 0.15) is 17.9 Å². The number of aromatic nitrogens is 3. The van der Waals surface area contributed by atoms with Gasteiger partial charge in [-0.3, -0.25) is 9.78 Å². The van der Waals surface area contributed by atoms with Crippen molar-refractivity contribution in [1.29, 1.82) is 0 Å². The number of benzene rings is 1. The summed E-state index contributed by atoms with van der Waals surface area (Å²) in [6.07, 6.45) is 4.36. The highest BCUT2D eigenvalue weighted by Gasteiger charge is 2.09. The molecule has 0 aliphatic carbocycles. The number of rotatable bonds is 8. The molecule has 0 aliphatic rings. The quantitative estimate of drug-likeness (QED) is 0.301. The van der Waals surface area contributed by atoms with Crippen molar-refractivity contribution in [2.75, 3.05) is 6.54 Å². The molecule has 1 aromatic carbocycles. The summed E-state index contributed by atoms with van der Waals surface area (Å²) >= 11 is 1.43. The average molecular weight is 473 g/mol. The van der Waals surface area contributed by atoms with Crippen LogP contribution < -0.4 is 4.72 Å².